The van der Waals surface area contributed by atoms with Gasteiger partial charge in [-0.25, -0.2) is 8.42 Å². The van der Waals surface area contributed by atoms with Crippen molar-refractivity contribution in [3.05, 3.63) is 65.0 Å². The molecule has 0 unspecified atom stereocenters. The van der Waals surface area contributed by atoms with Crippen LogP contribution >= 0.6 is 11.6 Å². The average molecular weight is 407 g/mol. The van der Waals surface area contributed by atoms with E-state index in [1.807, 2.05) is 0 Å². The minimum atomic E-state index is -3.42. The van der Waals surface area contributed by atoms with E-state index in [-0.39, 0.29) is 12.4 Å². The number of carbonyl (C=O) groups is 1. The highest BCUT2D eigenvalue weighted by atomic mass is 35.5. The maximum Gasteiger partial charge on any atom is 0.251 e. The van der Waals surface area contributed by atoms with Crippen LogP contribution in [0.5, 0.6) is 0 Å². The van der Waals surface area contributed by atoms with Crippen molar-refractivity contribution in [1.82, 2.24) is 15.5 Å². The Morgan fingerprint density at radius 2 is 1.93 bits per heavy atom. The van der Waals surface area contributed by atoms with Crippen molar-refractivity contribution in [2.45, 2.75) is 6.54 Å². The van der Waals surface area contributed by atoms with Gasteiger partial charge in [0, 0.05) is 21.8 Å². The Bertz CT molecular complexity index is 1060. The van der Waals surface area contributed by atoms with E-state index in [1.165, 1.54) is 6.07 Å². The van der Waals surface area contributed by atoms with Crippen molar-refractivity contribution < 1.29 is 17.7 Å². The van der Waals surface area contributed by atoms with Gasteiger partial charge in [0.1, 0.15) is 0 Å². The van der Waals surface area contributed by atoms with E-state index >= 15 is 0 Å². The topological polar surface area (TPSA) is 114 Å². The number of rotatable bonds is 6. The molecule has 1 aromatic heterocycles. The van der Waals surface area contributed by atoms with Crippen molar-refractivity contribution >= 4 is 33.2 Å². The van der Waals surface area contributed by atoms with Crippen LogP contribution < -0.4 is 10.0 Å². The first-order chi connectivity index (χ1) is 12.8. The monoisotopic (exact) mass is 406 g/mol. The third kappa shape index (κ3) is 5.28. The molecule has 0 saturated heterocycles. The second-order valence-corrected chi connectivity index (χ2v) is 7.84. The molecule has 2 N–H and O–H groups in total. The Hall–Kier alpha value is -2.91. The molecular weight excluding hydrogens is 392 g/mol. The standard InChI is InChI=1S/C17H15ClN4O4S/c1-27(24,25)22-14-4-2-3-12(9-14)17(23)19-10-15-20-16(21-26-15)11-5-7-13(18)8-6-11/h2-9,22H,10H2,1H3,(H,19,23). The van der Waals surface area contributed by atoms with Crippen LogP contribution in [0.2, 0.25) is 5.02 Å². The van der Waals surface area contributed by atoms with Gasteiger partial charge in [-0.3, -0.25) is 9.52 Å². The summed E-state index contributed by atoms with van der Waals surface area (Å²) in [6, 6.07) is 13.1. The Labute approximate surface area is 160 Å². The smallest absolute Gasteiger partial charge is 0.251 e. The quantitative estimate of drug-likeness (QED) is 0.650. The Morgan fingerprint density at radius 3 is 2.63 bits per heavy atom. The molecule has 0 fully saturated rings. The molecule has 140 valence electrons. The van der Waals surface area contributed by atoms with E-state index in [0.29, 0.717) is 22.1 Å². The van der Waals surface area contributed by atoms with Gasteiger partial charge in [0.25, 0.3) is 5.91 Å². The van der Waals surface area contributed by atoms with Crippen molar-refractivity contribution in [2.75, 3.05) is 11.0 Å². The van der Waals surface area contributed by atoms with Crippen molar-refractivity contribution in [3.8, 4) is 11.4 Å². The number of nitrogens with one attached hydrogen (secondary N) is 2. The molecule has 2 aromatic carbocycles. The summed E-state index contributed by atoms with van der Waals surface area (Å²) in [5.41, 5.74) is 1.33. The molecular formula is C17H15ClN4O4S. The lowest BCUT2D eigenvalue weighted by atomic mass is 10.2. The summed E-state index contributed by atoms with van der Waals surface area (Å²) in [5, 5.41) is 7.11. The Morgan fingerprint density at radius 1 is 1.19 bits per heavy atom. The first-order valence-corrected chi connectivity index (χ1v) is 10.0. The molecule has 0 radical (unpaired) electrons. The first-order valence-electron chi connectivity index (χ1n) is 7.75. The fourth-order valence-corrected chi connectivity index (χ4v) is 2.92. The molecule has 0 atom stereocenters. The summed E-state index contributed by atoms with van der Waals surface area (Å²) in [7, 11) is -3.42. The number of carbonyl (C=O) groups excluding carboxylic acids is 1. The lowest BCUT2D eigenvalue weighted by molar-refractivity contribution is 0.0946. The molecule has 0 spiro atoms. The number of nitrogens with zero attached hydrogens (tertiary/aromatic N) is 2. The van der Waals surface area contributed by atoms with Gasteiger partial charge in [0.2, 0.25) is 21.7 Å². The van der Waals surface area contributed by atoms with E-state index in [1.54, 1.807) is 42.5 Å². The van der Waals surface area contributed by atoms with Crippen LogP contribution in [-0.2, 0) is 16.6 Å². The van der Waals surface area contributed by atoms with Gasteiger partial charge in [-0.15, -0.1) is 0 Å². The average Bonchev–Trinajstić information content (AvgIpc) is 3.08. The molecule has 0 aliphatic heterocycles. The van der Waals surface area contributed by atoms with Gasteiger partial charge < -0.3 is 9.84 Å². The number of aromatic nitrogens is 2. The highest BCUT2D eigenvalue weighted by Gasteiger charge is 2.12. The number of anilines is 1. The zero-order valence-corrected chi connectivity index (χ0v) is 15.7. The van der Waals surface area contributed by atoms with Crippen molar-refractivity contribution in [2.24, 2.45) is 0 Å². The summed E-state index contributed by atoms with van der Waals surface area (Å²) in [5.74, 6) is 0.215. The summed E-state index contributed by atoms with van der Waals surface area (Å²) in [4.78, 5) is 16.5. The second-order valence-electron chi connectivity index (χ2n) is 5.66. The highest BCUT2D eigenvalue weighted by Crippen LogP contribution is 2.18. The second kappa shape index (κ2) is 7.77. The summed E-state index contributed by atoms with van der Waals surface area (Å²) in [6.07, 6.45) is 1.04. The predicted octanol–water partition coefficient (Wildman–Crippen LogP) is 2.69. The first kappa shape index (κ1) is 18.9. The molecule has 1 heterocycles. The van der Waals surface area contributed by atoms with Gasteiger partial charge in [0.05, 0.1) is 12.8 Å². The number of benzene rings is 2. The van der Waals surface area contributed by atoms with Gasteiger partial charge in [0.15, 0.2) is 0 Å². The Balaban J connectivity index is 1.64. The van der Waals surface area contributed by atoms with Crippen LogP contribution in [0.25, 0.3) is 11.4 Å². The number of amides is 1. The van der Waals surface area contributed by atoms with E-state index in [2.05, 4.69) is 20.2 Å². The predicted molar refractivity (Wildman–Crippen MR) is 101 cm³/mol. The molecule has 0 saturated carbocycles. The third-order valence-electron chi connectivity index (χ3n) is 3.40. The molecule has 0 aliphatic rings. The van der Waals surface area contributed by atoms with Gasteiger partial charge in [-0.1, -0.05) is 22.8 Å². The number of hydrogen-bond donors (Lipinski definition) is 2. The largest absolute Gasteiger partial charge is 0.343 e. The van der Waals surface area contributed by atoms with Crippen LogP contribution in [0.3, 0.4) is 0 Å². The minimum Gasteiger partial charge on any atom is -0.343 e. The zero-order valence-electron chi connectivity index (χ0n) is 14.1. The summed E-state index contributed by atoms with van der Waals surface area (Å²) < 4.78 is 30.0. The lowest BCUT2D eigenvalue weighted by Crippen LogP contribution is -2.23. The summed E-state index contributed by atoms with van der Waals surface area (Å²) in [6.45, 7) is 0.0309. The lowest BCUT2D eigenvalue weighted by Gasteiger charge is -2.06. The third-order valence-corrected chi connectivity index (χ3v) is 4.26. The van der Waals surface area contributed by atoms with Crippen LogP contribution in [0, 0.1) is 0 Å². The maximum absolute atomic E-state index is 12.3. The van der Waals surface area contributed by atoms with Gasteiger partial charge in [-0.05, 0) is 42.5 Å². The fraction of sp³-hybridized carbons (Fsp3) is 0.118. The maximum atomic E-state index is 12.3. The highest BCUT2D eigenvalue weighted by molar-refractivity contribution is 7.92. The Kier molecular flexibility index (Phi) is 5.43. The van der Waals surface area contributed by atoms with Crippen LogP contribution in [0.1, 0.15) is 16.2 Å². The number of halogens is 1. The molecule has 0 bridgehead atoms. The SMILES string of the molecule is CS(=O)(=O)Nc1cccc(C(=O)NCc2nc(-c3ccc(Cl)cc3)no2)c1. The zero-order chi connectivity index (χ0) is 19.4. The molecule has 8 nitrogen and oxygen atoms in total. The van der Waals surface area contributed by atoms with Crippen LogP contribution in [0.15, 0.2) is 53.1 Å². The van der Waals surface area contributed by atoms with E-state index in [0.717, 1.165) is 11.8 Å². The van der Waals surface area contributed by atoms with Crippen LogP contribution in [-0.4, -0.2) is 30.7 Å². The van der Waals surface area contributed by atoms with E-state index in [9.17, 15) is 13.2 Å². The molecule has 0 aliphatic carbocycles. The number of sulfonamides is 1. The molecule has 10 heteroatoms. The van der Waals surface area contributed by atoms with Crippen LogP contribution in [0.4, 0.5) is 5.69 Å². The fourth-order valence-electron chi connectivity index (χ4n) is 2.24. The molecule has 3 aromatic rings. The molecule has 1 amide bonds. The normalized spacial score (nSPS) is 11.2. The molecule has 27 heavy (non-hydrogen) atoms. The van der Waals surface area contributed by atoms with Crippen molar-refractivity contribution in [3.63, 3.8) is 0 Å². The van der Waals surface area contributed by atoms with Crippen molar-refractivity contribution in [1.29, 1.82) is 0 Å². The van der Waals surface area contributed by atoms with E-state index in [4.69, 9.17) is 16.1 Å². The van der Waals surface area contributed by atoms with E-state index < -0.39 is 15.9 Å². The summed E-state index contributed by atoms with van der Waals surface area (Å²) >= 11 is 5.84. The molecule has 3 rings (SSSR count). The number of hydrogen-bond acceptors (Lipinski definition) is 6. The minimum absolute atomic E-state index is 0.0309. The van der Waals surface area contributed by atoms with Gasteiger partial charge in [-0.2, -0.15) is 4.98 Å². The van der Waals surface area contributed by atoms with Gasteiger partial charge >= 0.3 is 0 Å².